The van der Waals surface area contributed by atoms with E-state index in [4.69, 9.17) is 11.6 Å². The van der Waals surface area contributed by atoms with Crippen LogP contribution in [-0.2, 0) is 17.8 Å². The van der Waals surface area contributed by atoms with Gasteiger partial charge < -0.3 is 15.0 Å². The number of fused-ring (bicyclic) bond motifs is 1. The van der Waals surface area contributed by atoms with E-state index in [1.54, 1.807) is 12.4 Å². The van der Waals surface area contributed by atoms with Crippen LogP contribution in [0.15, 0.2) is 91.3 Å². The Hall–Kier alpha value is -4.13. The second-order valence-electron chi connectivity index (χ2n) is 9.97. The minimum Gasteiger partial charge on any atom is -0.507 e. The number of benzene rings is 3. The molecule has 6 nitrogen and oxygen atoms in total. The van der Waals surface area contributed by atoms with Crippen molar-refractivity contribution in [3.05, 3.63) is 107 Å². The van der Waals surface area contributed by atoms with Crippen molar-refractivity contribution in [1.29, 1.82) is 0 Å². The van der Waals surface area contributed by atoms with Gasteiger partial charge >= 0.3 is 0 Å². The number of aromatic nitrogens is 2. The molecule has 1 fully saturated rings. The van der Waals surface area contributed by atoms with E-state index in [-0.39, 0.29) is 11.7 Å². The molecule has 3 aromatic carbocycles. The molecule has 196 valence electrons. The number of phenolic OH excluding ortho intramolecular Hbond substituents is 1. The third-order valence-corrected chi connectivity index (χ3v) is 7.81. The molecule has 0 spiro atoms. The van der Waals surface area contributed by atoms with Gasteiger partial charge in [0.1, 0.15) is 5.75 Å². The molecule has 3 heterocycles. The molecule has 5 aromatic rings. The number of H-pyrrole nitrogens is 1. The van der Waals surface area contributed by atoms with Crippen LogP contribution in [0.25, 0.3) is 33.3 Å². The molecular formula is C32H29ClN4O2. The Morgan fingerprint density at radius 2 is 1.69 bits per heavy atom. The molecule has 0 saturated carbocycles. The van der Waals surface area contributed by atoms with Gasteiger partial charge in [-0.3, -0.25) is 14.7 Å². The van der Waals surface area contributed by atoms with Crippen LogP contribution in [0.1, 0.15) is 11.1 Å². The van der Waals surface area contributed by atoms with E-state index in [1.807, 2.05) is 77.7 Å². The van der Waals surface area contributed by atoms with Gasteiger partial charge in [-0.05, 0) is 41.0 Å². The second-order valence-corrected chi connectivity index (χ2v) is 10.4. The second kappa shape index (κ2) is 10.9. The number of hydrogen-bond acceptors (Lipinski definition) is 4. The van der Waals surface area contributed by atoms with Crippen LogP contribution in [0.3, 0.4) is 0 Å². The van der Waals surface area contributed by atoms with Gasteiger partial charge in [0.25, 0.3) is 0 Å². The van der Waals surface area contributed by atoms with Crippen LogP contribution in [0.4, 0.5) is 0 Å². The lowest BCUT2D eigenvalue weighted by Gasteiger charge is -2.35. The van der Waals surface area contributed by atoms with Crippen molar-refractivity contribution in [2.75, 3.05) is 26.2 Å². The van der Waals surface area contributed by atoms with Crippen molar-refractivity contribution in [1.82, 2.24) is 19.8 Å². The van der Waals surface area contributed by atoms with Crippen molar-refractivity contribution in [3.63, 3.8) is 0 Å². The highest BCUT2D eigenvalue weighted by Crippen LogP contribution is 2.38. The molecule has 6 rings (SSSR count). The maximum atomic E-state index is 13.0. The van der Waals surface area contributed by atoms with E-state index in [1.165, 1.54) is 0 Å². The Morgan fingerprint density at radius 3 is 2.46 bits per heavy atom. The number of aromatic amines is 1. The number of halogens is 1. The topological polar surface area (TPSA) is 72.5 Å². The maximum absolute atomic E-state index is 13.0. The Balaban J connectivity index is 1.10. The summed E-state index contributed by atoms with van der Waals surface area (Å²) in [5, 5.41) is 12.9. The first kappa shape index (κ1) is 25.2. The number of rotatable bonds is 6. The molecule has 0 radical (unpaired) electrons. The lowest BCUT2D eigenvalue weighted by Crippen LogP contribution is -2.48. The average molecular weight is 537 g/mol. The number of para-hydroxylation sites is 1. The molecule has 1 aliphatic rings. The monoisotopic (exact) mass is 536 g/mol. The zero-order valence-electron chi connectivity index (χ0n) is 21.5. The van der Waals surface area contributed by atoms with Gasteiger partial charge in [-0.2, -0.15) is 0 Å². The minimum absolute atomic E-state index is 0.137. The van der Waals surface area contributed by atoms with Crippen molar-refractivity contribution in [3.8, 4) is 28.1 Å². The molecule has 0 aliphatic carbocycles. The number of carbonyl (C=O) groups is 1. The number of hydrogen-bond donors (Lipinski definition) is 2. The lowest BCUT2D eigenvalue weighted by atomic mass is 9.98. The molecule has 2 N–H and O–H groups in total. The number of nitrogens with zero attached hydrogens (tertiary/aromatic N) is 3. The summed E-state index contributed by atoms with van der Waals surface area (Å²) in [7, 11) is 0. The summed E-state index contributed by atoms with van der Waals surface area (Å²) in [5.74, 6) is 0.355. The number of phenols is 1. The van der Waals surface area contributed by atoms with E-state index in [0.717, 1.165) is 69.1 Å². The zero-order chi connectivity index (χ0) is 26.8. The van der Waals surface area contributed by atoms with E-state index < -0.39 is 0 Å². The van der Waals surface area contributed by atoms with Gasteiger partial charge in [0.05, 0.1) is 12.1 Å². The van der Waals surface area contributed by atoms with Gasteiger partial charge in [0, 0.05) is 72.2 Å². The molecule has 1 aliphatic heterocycles. The SMILES string of the molecule is O=C(Cc1ccc(-c2cccc(-c3cc4cnccc4[nH]3)c2O)cc1)N1CCN(Cc2ccccc2Cl)CC1. The van der Waals surface area contributed by atoms with Crippen LogP contribution < -0.4 is 0 Å². The number of piperazine rings is 1. The van der Waals surface area contributed by atoms with Crippen molar-refractivity contribution in [2.24, 2.45) is 0 Å². The number of amides is 1. The van der Waals surface area contributed by atoms with Gasteiger partial charge in [-0.1, -0.05) is 66.2 Å². The summed E-state index contributed by atoms with van der Waals surface area (Å²) in [6, 6.07) is 25.5. The third kappa shape index (κ3) is 5.39. The standard InChI is InChI=1S/C32H29ClN4O2/c33-28-7-2-1-4-24(28)21-36-14-16-37(17-15-36)31(38)18-22-8-10-23(11-9-22)26-5-3-6-27(32(26)39)30-19-25-20-34-13-12-29(25)35-30/h1-13,19-20,35,39H,14-18,21H2. The Bertz CT molecular complexity index is 1590. The van der Waals surface area contributed by atoms with Gasteiger partial charge in [-0.15, -0.1) is 0 Å². The van der Waals surface area contributed by atoms with E-state index in [9.17, 15) is 9.90 Å². The van der Waals surface area contributed by atoms with E-state index >= 15 is 0 Å². The van der Waals surface area contributed by atoms with Gasteiger partial charge in [0.15, 0.2) is 0 Å². The fraction of sp³-hybridized carbons (Fsp3) is 0.188. The molecule has 0 unspecified atom stereocenters. The molecular weight excluding hydrogens is 508 g/mol. The predicted molar refractivity (Wildman–Crippen MR) is 156 cm³/mol. The summed E-state index contributed by atoms with van der Waals surface area (Å²) in [5.41, 5.74) is 6.27. The highest BCUT2D eigenvalue weighted by Gasteiger charge is 2.22. The normalized spacial score (nSPS) is 14.1. The Labute approximate surface area is 232 Å². The smallest absolute Gasteiger partial charge is 0.227 e. The van der Waals surface area contributed by atoms with Crippen molar-refractivity contribution in [2.45, 2.75) is 13.0 Å². The quantitative estimate of drug-likeness (QED) is 0.273. The molecule has 2 aromatic heterocycles. The first-order valence-electron chi connectivity index (χ1n) is 13.1. The van der Waals surface area contributed by atoms with Crippen LogP contribution in [-0.4, -0.2) is 57.0 Å². The number of carbonyl (C=O) groups excluding carboxylic acids is 1. The summed E-state index contributed by atoms with van der Waals surface area (Å²) < 4.78 is 0. The molecule has 7 heteroatoms. The summed E-state index contributed by atoms with van der Waals surface area (Å²) in [4.78, 5) is 24.8. The lowest BCUT2D eigenvalue weighted by molar-refractivity contribution is -0.132. The molecule has 0 atom stereocenters. The number of nitrogens with one attached hydrogen (secondary N) is 1. The minimum atomic E-state index is 0.137. The summed E-state index contributed by atoms with van der Waals surface area (Å²) in [6.07, 6.45) is 3.91. The largest absolute Gasteiger partial charge is 0.507 e. The fourth-order valence-electron chi connectivity index (χ4n) is 5.22. The van der Waals surface area contributed by atoms with Crippen LogP contribution in [0.2, 0.25) is 5.02 Å². The van der Waals surface area contributed by atoms with Gasteiger partial charge in [-0.25, -0.2) is 0 Å². The van der Waals surface area contributed by atoms with Gasteiger partial charge in [0.2, 0.25) is 5.91 Å². The highest BCUT2D eigenvalue weighted by atomic mass is 35.5. The molecule has 39 heavy (non-hydrogen) atoms. The molecule has 0 bridgehead atoms. The Morgan fingerprint density at radius 1 is 0.923 bits per heavy atom. The predicted octanol–water partition coefficient (Wildman–Crippen LogP) is 6.14. The first-order valence-corrected chi connectivity index (χ1v) is 13.5. The van der Waals surface area contributed by atoms with Crippen LogP contribution in [0, 0.1) is 0 Å². The maximum Gasteiger partial charge on any atom is 0.227 e. The summed E-state index contributed by atoms with van der Waals surface area (Å²) >= 11 is 6.31. The number of pyridine rings is 1. The summed E-state index contributed by atoms with van der Waals surface area (Å²) in [6.45, 7) is 3.89. The third-order valence-electron chi connectivity index (χ3n) is 7.44. The van der Waals surface area contributed by atoms with Crippen LogP contribution in [0.5, 0.6) is 5.75 Å². The fourth-order valence-corrected chi connectivity index (χ4v) is 5.42. The first-order chi connectivity index (χ1) is 19.0. The number of aromatic hydroxyl groups is 1. The van der Waals surface area contributed by atoms with Crippen LogP contribution >= 0.6 is 11.6 Å². The van der Waals surface area contributed by atoms with Crippen molar-refractivity contribution < 1.29 is 9.90 Å². The average Bonchev–Trinajstić information content (AvgIpc) is 3.39. The highest BCUT2D eigenvalue weighted by molar-refractivity contribution is 6.31. The van der Waals surface area contributed by atoms with Crippen molar-refractivity contribution >= 4 is 28.4 Å². The van der Waals surface area contributed by atoms with E-state index in [2.05, 4.69) is 20.9 Å². The molecule has 1 saturated heterocycles. The Kier molecular flexibility index (Phi) is 7.05. The van der Waals surface area contributed by atoms with E-state index in [0.29, 0.717) is 19.5 Å². The molecule has 1 amide bonds. The zero-order valence-corrected chi connectivity index (χ0v) is 22.2.